The van der Waals surface area contributed by atoms with E-state index < -0.39 is 5.82 Å². The molecular weight excluding hydrogens is 311 g/mol. The Bertz CT molecular complexity index is 506. The summed E-state index contributed by atoms with van der Waals surface area (Å²) in [5.41, 5.74) is 6.25. The van der Waals surface area contributed by atoms with Crippen molar-refractivity contribution in [2.45, 2.75) is 26.7 Å². The molecular formula is C14H18BrFN2O. The first-order valence-corrected chi connectivity index (χ1v) is 7.13. The normalized spacial score (nSPS) is 18.4. The van der Waals surface area contributed by atoms with Gasteiger partial charge in [0.2, 0.25) is 0 Å². The van der Waals surface area contributed by atoms with E-state index in [-0.39, 0.29) is 17.0 Å². The van der Waals surface area contributed by atoms with Gasteiger partial charge in [0, 0.05) is 17.6 Å². The fraction of sp³-hybridized carbons (Fsp3) is 0.500. The third-order valence-corrected chi connectivity index (χ3v) is 4.38. The van der Waals surface area contributed by atoms with Crippen LogP contribution in [0.4, 0.5) is 10.1 Å². The topological polar surface area (TPSA) is 46.3 Å². The summed E-state index contributed by atoms with van der Waals surface area (Å²) < 4.78 is 13.7. The van der Waals surface area contributed by atoms with Crippen LogP contribution in [0.1, 0.15) is 37.0 Å². The SMILES string of the molecule is CC1(C)CCN(C(=O)c2cc(N)c(F)cc2Br)CC1. The minimum atomic E-state index is -0.511. The van der Waals surface area contributed by atoms with Gasteiger partial charge in [-0.2, -0.15) is 0 Å². The molecule has 1 saturated heterocycles. The summed E-state index contributed by atoms with van der Waals surface area (Å²) in [7, 11) is 0. The van der Waals surface area contributed by atoms with E-state index >= 15 is 0 Å². The van der Waals surface area contributed by atoms with Gasteiger partial charge in [0.25, 0.3) is 5.91 Å². The number of halogens is 2. The van der Waals surface area contributed by atoms with Gasteiger partial charge in [-0.15, -0.1) is 0 Å². The molecule has 0 bridgehead atoms. The van der Waals surface area contributed by atoms with E-state index in [0.29, 0.717) is 10.0 Å². The molecule has 1 heterocycles. The number of anilines is 1. The van der Waals surface area contributed by atoms with Crippen LogP contribution < -0.4 is 5.73 Å². The Morgan fingerprint density at radius 2 is 1.95 bits per heavy atom. The van der Waals surface area contributed by atoms with Gasteiger partial charge >= 0.3 is 0 Å². The predicted molar refractivity (Wildman–Crippen MR) is 77.4 cm³/mol. The fourth-order valence-corrected chi connectivity index (χ4v) is 2.70. The number of nitrogens with two attached hydrogens (primary N) is 1. The zero-order valence-electron chi connectivity index (χ0n) is 11.2. The number of hydrogen-bond acceptors (Lipinski definition) is 2. The number of nitrogen functional groups attached to an aromatic ring is 1. The molecule has 0 aliphatic carbocycles. The maximum Gasteiger partial charge on any atom is 0.255 e. The van der Waals surface area contributed by atoms with E-state index in [9.17, 15) is 9.18 Å². The van der Waals surface area contributed by atoms with Crippen molar-refractivity contribution < 1.29 is 9.18 Å². The quantitative estimate of drug-likeness (QED) is 0.803. The Kier molecular flexibility index (Phi) is 3.85. The largest absolute Gasteiger partial charge is 0.396 e. The molecule has 2 rings (SSSR count). The zero-order valence-corrected chi connectivity index (χ0v) is 12.8. The van der Waals surface area contributed by atoms with Crippen LogP contribution in [0.25, 0.3) is 0 Å². The molecule has 1 aliphatic heterocycles. The molecule has 1 aromatic rings. The number of amides is 1. The summed E-state index contributed by atoms with van der Waals surface area (Å²) in [4.78, 5) is 14.2. The molecule has 0 atom stereocenters. The van der Waals surface area contributed by atoms with Crippen LogP contribution in [-0.2, 0) is 0 Å². The first-order valence-electron chi connectivity index (χ1n) is 6.34. The van der Waals surface area contributed by atoms with E-state index in [4.69, 9.17) is 5.73 Å². The molecule has 0 radical (unpaired) electrons. The van der Waals surface area contributed by atoms with Crippen molar-refractivity contribution >= 4 is 27.5 Å². The second-order valence-corrected chi connectivity index (χ2v) is 6.66. The smallest absolute Gasteiger partial charge is 0.255 e. The maximum absolute atomic E-state index is 13.3. The zero-order chi connectivity index (χ0) is 14.2. The molecule has 0 unspecified atom stereocenters. The molecule has 1 aliphatic rings. The minimum absolute atomic E-state index is 0.00360. The standard InChI is InChI=1S/C14H18BrFN2O/c1-14(2)3-5-18(6-4-14)13(19)9-7-12(17)11(16)8-10(9)15/h7-8H,3-6,17H2,1-2H3. The second kappa shape index (κ2) is 5.12. The van der Waals surface area contributed by atoms with E-state index in [1.54, 1.807) is 0 Å². The van der Waals surface area contributed by atoms with E-state index in [1.807, 2.05) is 4.90 Å². The number of rotatable bonds is 1. The fourth-order valence-electron chi connectivity index (χ4n) is 2.22. The highest BCUT2D eigenvalue weighted by atomic mass is 79.9. The minimum Gasteiger partial charge on any atom is -0.396 e. The van der Waals surface area contributed by atoms with Crippen molar-refractivity contribution in [3.05, 3.63) is 28.0 Å². The molecule has 19 heavy (non-hydrogen) atoms. The number of nitrogens with zero attached hydrogens (tertiary/aromatic N) is 1. The molecule has 5 heteroatoms. The third kappa shape index (κ3) is 3.08. The molecule has 0 aromatic heterocycles. The van der Waals surface area contributed by atoms with Gasteiger partial charge in [-0.3, -0.25) is 4.79 Å². The first-order chi connectivity index (χ1) is 8.80. The Hall–Kier alpha value is -1.10. The summed E-state index contributed by atoms with van der Waals surface area (Å²) in [6, 6.07) is 2.65. The van der Waals surface area contributed by atoms with Gasteiger partial charge in [-0.05, 0) is 46.3 Å². The maximum atomic E-state index is 13.3. The Morgan fingerprint density at radius 1 is 1.37 bits per heavy atom. The number of piperidine rings is 1. The number of carbonyl (C=O) groups excluding carboxylic acids is 1. The average molecular weight is 329 g/mol. The Labute approximate surface area is 121 Å². The summed E-state index contributed by atoms with van der Waals surface area (Å²) >= 11 is 3.23. The highest BCUT2D eigenvalue weighted by molar-refractivity contribution is 9.10. The van der Waals surface area contributed by atoms with Crippen LogP contribution in [0.5, 0.6) is 0 Å². The lowest BCUT2D eigenvalue weighted by atomic mass is 9.82. The molecule has 104 valence electrons. The molecule has 1 amide bonds. The van der Waals surface area contributed by atoms with Crippen LogP contribution in [0.3, 0.4) is 0 Å². The molecule has 1 fully saturated rings. The van der Waals surface area contributed by atoms with E-state index in [0.717, 1.165) is 25.9 Å². The van der Waals surface area contributed by atoms with Gasteiger partial charge in [0.15, 0.2) is 0 Å². The average Bonchev–Trinajstić information content (AvgIpc) is 2.33. The number of carbonyl (C=O) groups is 1. The van der Waals surface area contributed by atoms with Gasteiger partial charge in [0.05, 0.1) is 11.3 Å². The van der Waals surface area contributed by atoms with Crippen molar-refractivity contribution in [2.24, 2.45) is 5.41 Å². The Balaban J connectivity index is 2.19. The van der Waals surface area contributed by atoms with Crippen LogP contribution in [0, 0.1) is 11.2 Å². The van der Waals surface area contributed by atoms with E-state index in [1.165, 1.54) is 12.1 Å². The predicted octanol–water partition coefficient (Wildman–Crippen LogP) is 3.43. The molecule has 0 saturated carbocycles. The van der Waals surface area contributed by atoms with Crippen LogP contribution >= 0.6 is 15.9 Å². The van der Waals surface area contributed by atoms with Crippen LogP contribution in [-0.4, -0.2) is 23.9 Å². The molecule has 2 N–H and O–H groups in total. The van der Waals surface area contributed by atoms with Crippen LogP contribution in [0.2, 0.25) is 0 Å². The number of hydrogen-bond donors (Lipinski definition) is 1. The van der Waals surface area contributed by atoms with Crippen LogP contribution in [0.15, 0.2) is 16.6 Å². The third-order valence-electron chi connectivity index (χ3n) is 3.72. The first kappa shape index (κ1) is 14.3. The summed E-state index contributed by atoms with van der Waals surface area (Å²) in [6.07, 6.45) is 1.96. The summed E-state index contributed by atoms with van der Waals surface area (Å²) in [5.74, 6) is -0.600. The lowest BCUT2D eigenvalue weighted by Gasteiger charge is -2.37. The van der Waals surface area contributed by atoms with Gasteiger partial charge in [-0.25, -0.2) is 4.39 Å². The highest BCUT2D eigenvalue weighted by Gasteiger charge is 2.29. The van der Waals surface area contributed by atoms with Crippen molar-refractivity contribution in [1.29, 1.82) is 0 Å². The highest BCUT2D eigenvalue weighted by Crippen LogP contribution is 2.31. The second-order valence-electron chi connectivity index (χ2n) is 5.81. The van der Waals surface area contributed by atoms with E-state index in [2.05, 4.69) is 29.8 Å². The van der Waals surface area contributed by atoms with Crippen molar-refractivity contribution in [1.82, 2.24) is 4.90 Å². The monoisotopic (exact) mass is 328 g/mol. The lowest BCUT2D eigenvalue weighted by Crippen LogP contribution is -2.41. The van der Waals surface area contributed by atoms with Crippen molar-refractivity contribution in [3.8, 4) is 0 Å². The molecule has 3 nitrogen and oxygen atoms in total. The van der Waals surface area contributed by atoms with Gasteiger partial charge in [-0.1, -0.05) is 13.8 Å². The van der Waals surface area contributed by atoms with Crippen molar-refractivity contribution in [3.63, 3.8) is 0 Å². The number of likely N-dealkylation sites (tertiary alicyclic amines) is 1. The Morgan fingerprint density at radius 3 is 2.53 bits per heavy atom. The summed E-state index contributed by atoms with van der Waals surface area (Å²) in [6.45, 7) is 5.88. The van der Waals surface area contributed by atoms with Gasteiger partial charge < -0.3 is 10.6 Å². The molecule has 1 aromatic carbocycles. The lowest BCUT2D eigenvalue weighted by molar-refractivity contribution is 0.0629. The summed E-state index contributed by atoms with van der Waals surface area (Å²) in [5, 5.41) is 0. The van der Waals surface area contributed by atoms with Crippen molar-refractivity contribution in [2.75, 3.05) is 18.8 Å². The number of benzene rings is 1. The van der Waals surface area contributed by atoms with Gasteiger partial charge in [0.1, 0.15) is 5.82 Å². The molecule has 0 spiro atoms.